The zero-order valence-electron chi connectivity index (χ0n) is 15.6. The topological polar surface area (TPSA) is 58.5 Å². The lowest BCUT2D eigenvalue weighted by Crippen LogP contribution is -2.39. The lowest BCUT2D eigenvalue weighted by atomic mass is 10.1. The van der Waals surface area contributed by atoms with E-state index in [1.807, 2.05) is 19.1 Å². The third-order valence-electron chi connectivity index (χ3n) is 3.84. The number of hydrogen-bond acceptors (Lipinski definition) is 4. The van der Waals surface area contributed by atoms with Crippen LogP contribution in [0, 0.1) is 13.8 Å². The van der Waals surface area contributed by atoms with E-state index in [1.165, 1.54) is 15.4 Å². The van der Waals surface area contributed by atoms with Gasteiger partial charge in [0.05, 0.1) is 17.3 Å². The summed E-state index contributed by atoms with van der Waals surface area (Å²) in [4.78, 5) is 10.1. The van der Waals surface area contributed by atoms with Gasteiger partial charge in [0, 0.05) is 31.4 Å². The van der Waals surface area contributed by atoms with Crippen molar-refractivity contribution < 1.29 is 4.74 Å². The first kappa shape index (κ1) is 19.2. The predicted molar refractivity (Wildman–Crippen MR) is 106 cm³/mol. The summed E-state index contributed by atoms with van der Waals surface area (Å²) < 4.78 is 5.54. The van der Waals surface area contributed by atoms with Gasteiger partial charge in [-0.3, -0.25) is 4.99 Å². The monoisotopic (exact) mass is 360 g/mol. The summed E-state index contributed by atoms with van der Waals surface area (Å²) in [5.74, 6) is 1.75. The minimum atomic E-state index is 0.691. The van der Waals surface area contributed by atoms with Crippen molar-refractivity contribution in [3.63, 3.8) is 0 Å². The highest BCUT2D eigenvalue weighted by molar-refractivity contribution is 7.11. The molecule has 2 aromatic rings. The number of aromatic nitrogens is 1. The van der Waals surface area contributed by atoms with Crippen LogP contribution in [0.3, 0.4) is 0 Å². The van der Waals surface area contributed by atoms with Crippen molar-refractivity contribution >= 4 is 17.3 Å². The molecule has 25 heavy (non-hydrogen) atoms. The molecule has 0 radical (unpaired) electrons. The summed E-state index contributed by atoms with van der Waals surface area (Å²) in [5, 5.41) is 7.87. The number of hydrogen-bond donors (Lipinski definition) is 2. The smallest absolute Gasteiger partial charge is 0.191 e. The van der Waals surface area contributed by atoms with Gasteiger partial charge in [-0.25, -0.2) is 4.98 Å². The minimum Gasteiger partial charge on any atom is -0.494 e. The van der Waals surface area contributed by atoms with Crippen LogP contribution in [0.25, 0.3) is 0 Å². The Balaban J connectivity index is 1.72. The van der Waals surface area contributed by atoms with Crippen LogP contribution in [0.5, 0.6) is 5.75 Å². The van der Waals surface area contributed by atoms with E-state index in [0.29, 0.717) is 6.61 Å². The fourth-order valence-corrected chi connectivity index (χ4v) is 3.37. The van der Waals surface area contributed by atoms with E-state index >= 15 is 0 Å². The highest BCUT2D eigenvalue weighted by Crippen LogP contribution is 2.16. The summed E-state index contributed by atoms with van der Waals surface area (Å²) in [6, 6.07) is 8.23. The van der Waals surface area contributed by atoms with Gasteiger partial charge < -0.3 is 15.4 Å². The summed E-state index contributed by atoms with van der Waals surface area (Å²) in [6.45, 7) is 8.51. The molecule has 5 nitrogen and oxygen atoms in total. The van der Waals surface area contributed by atoms with E-state index in [2.05, 4.69) is 46.6 Å². The highest BCUT2D eigenvalue weighted by Gasteiger charge is 2.04. The third-order valence-corrected chi connectivity index (χ3v) is 4.98. The first-order chi connectivity index (χ1) is 12.1. The lowest BCUT2D eigenvalue weighted by molar-refractivity contribution is 0.340. The van der Waals surface area contributed by atoms with Crippen molar-refractivity contribution in [2.75, 3.05) is 26.7 Å². The number of nitrogens with zero attached hydrogens (tertiary/aromatic N) is 2. The molecular formula is C19H28N4OS. The fourth-order valence-electron chi connectivity index (χ4n) is 2.44. The van der Waals surface area contributed by atoms with Crippen LogP contribution < -0.4 is 15.4 Å². The predicted octanol–water partition coefficient (Wildman–Crippen LogP) is 3.11. The van der Waals surface area contributed by atoms with Crippen molar-refractivity contribution in [2.45, 2.75) is 33.6 Å². The van der Waals surface area contributed by atoms with E-state index in [9.17, 15) is 0 Å². The maximum Gasteiger partial charge on any atom is 0.191 e. The summed E-state index contributed by atoms with van der Waals surface area (Å²) in [7, 11) is 1.79. The van der Waals surface area contributed by atoms with Crippen LogP contribution in [0.4, 0.5) is 0 Å². The Hall–Kier alpha value is -2.08. The van der Waals surface area contributed by atoms with E-state index in [-0.39, 0.29) is 0 Å². The number of aryl methyl sites for hydroxylation is 2. The van der Waals surface area contributed by atoms with Gasteiger partial charge in [-0.15, -0.1) is 11.3 Å². The molecule has 2 N–H and O–H groups in total. The van der Waals surface area contributed by atoms with Gasteiger partial charge in [-0.05, 0) is 44.9 Å². The molecule has 0 aliphatic rings. The Morgan fingerprint density at radius 1 is 1.20 bits per heavy atom. The second kappa shape index (κ2) is 10.0. The summed E-state index contributed by atoms with van der Waals surface area (Å²) >= 11 is 1.77. The molecule has 0 spiro atoms. The quantitative estimate of drug-likeness (QED) is 0.561. The van der Waals surface area contributed by atoms with Gasteiger partial charge in [-0.1, -0.05) is 12.1 Å². The second-order valence-electron chi connectivity index (χ2n) is 5.76. The lowest BCUT2D eigenvalue weighted by Gasteiger charge is -2.12. The SMILES string of the molecule is CCOc1cccc(CCNC(=NC)NCCc2nc(C)c(C)s2)c1. The van der Waals surface area contributed by atoms with E-state index in [4.69, 9.17) is 4.74 Å². The number of nitrogens with one attached hydrogen (secondary N) is 2. The van der Waals surface area contributed by atoms with Gasteiger partial charge in [0.2, 0.25) is 0 Å². The first-order valence-corrected chi connectivity index (χ1v) is 9.53. The number of rotatable bonds is 8. The normalized spacial score (nSPS) is 11.4. The molecule has 1 aromatic heterocycles. The van der Waals surface area contributed by atoms with Crippen LogP contribution in [0.1, 0.15) is 28.1 Å². The maximum absolute atomic E-state index is 5.54. The molecule has 136 valence electrons. The molecule has 1 heterocycles. The van der Waals surface area contributed by atoms with Gasteiger partial charge >= 0.3 is 0 Å². The molecule has 0 bridgehead atoms. The van der Waals surface area contributed by atoms with E-state index < -0.39 is 0 Å². The zero-order chi connectivity index (χ0) is 18.1. The molecule has 0 aliphatic carbocycles. The Morgan fingerprint density at radius 2 is 1.96 bits per heavy atom. The Morgan fingerprint density at radius 3 is 2.60 bits per heavy atom. The number of guanidine groups is 1. The Bertz CT molecular complexity index is 677. The molecular weight excluding hydrogens is 332 g/mol. The van der Waals surface area contributed by atoms with Crippen molar-refractivity contribution in [2.24, 2.45) is 4.99 Å². The standard InChI is InChI=1S/C19H28N4OS/c1-5-24-17-8-6-7-16(13-17)9-11-21-19(20-4)22-12-10-18-23-14(2)15(3)25-18/h6-8,13H,5,9-12H2,1-4H3,(H2,20,21,22). The molecule has 6 heteroatoms. The van der Waals surface area contributed by atoms with Crippen LogP contribution >= 0.6 is 11.3 Å². The van der Waals surface area contributed by atoms with Gasteiger partial charge in [0.25, 0.3) is 0 Å². The van der Waals surface area contributed by atoms with Gasteiger partial charge in [0.1, 0.15) is 5.75 Å². The average molecular weight is 361 g/mol. The average Bonchev–Trinajstić information content (AvgIpc) is 2.92. The summed E-state index contributed by atoms with van der Waals surface area (Å²) in [5.41, 5.74) is 2.39. The van der Waals surface area contributed by atoms with E-state index in [1.54, 1.807) is 18.4 Å². The Kier molecular flexibility index (Phi) is 7.73. The molecule has 1 aromatic carbocycles. The van der Waals surface area contributed by atoms with Crippen LogP contribution in [-0.4, -0.2) is 37.7 Å². The minimum absolute atomic E-state index is 0.691. The molecule has 0 unspecified atom stereocenters. The second-order valence-corrected chi connectivity index (χ2v) is 7.04. The molecule has 2 rings (SSSR count). The van der Waals surface area contributed by atoms with Crippen molar-refractivity contribution in [1.82, 2.24) is 15.6 Å². The summed E-state index contributed by atoms with van der Waals surface area (Å²) in [6.07, 6.45) is 1.84. The Labute approximate surface area is 154 Å². The molecule has 0 saturated carbocycles. The molecule has 0 fully saturated rings. The highest BCUT2D eigenvalue weighted by atomic mass is 32.1. The van der Waals surface area contributed by atoms with Crippen molar-refractivity contribution in [1.29, 1.82) is 0 Å². The van der Waals surface area contributed by atoms with Crippen LogP contribution in [0.15, 0.2) is 29.3 Å². The molecule has 0 aliphatic heterocycles. The number of thiazole rings is 1. The number of aliphatic imine (C=N–C) groups is 1. The largest absolute Gasteiger partial charge is 0.494 e. The number of ether oxygens (including phenoxy) is 1. The molecule has 0 amide bonds. The molecule has 0 saturated heterocycles. The maximum atomic E-state index is 5.54. The van der Waals surface area contributed by atoms with Gasteiger partial charge in [-0.2, -0.15) is 0 Å². The van der Waals surface area contributed by atoms with E-state index in [0.717, 1.165) is 43.3 Å². The van der Waals surface area contributed by atoms with Crippen molar-refractivity contribution in [3.05, 3.63) is 45.4 Å². The first-order valence-electron chi connectivity index (χ1n) is 8.71. The van der Waals surface area contributed by atoms with Crippen molar-refractivity contribution in [3.8, 4) is 5.75 Å². The zero-order valence-corrected chi connectivity index (χ0v) is 16.4. The third kappa shape index (κ3) is 6.38. The number of benzene rings is 1. The van der Waals surface area contributed by atoms with Crippen LogP contribution in [0.2, 0.25) is 0 Å². The fraction of sp³-hybridized carbons (Fsp3) is 0.474. The molecule has 0 atom stereocenters. The van der Waals surface area contributed by atoms with Gasteiger partial charge in [0.15, 0.2) is 5.96 Å². The van der Waals surface area contributed by atoms with Crippen LogP contribution in [-0.2, 0) is 12.8 Å².